The lowest BCUT2D eigenvalue weighted by atomic mass is 10.8. The van der Waals surface area contributed by atoms with Gasteiger partial charge in [-0.2, -0.15) is 0 Å². The summed E-state index contributed by atoms with van der Waals surface area (Å²) in [6, 6.07) is 0. The van der Waals surface area contributed by atoms with Crippen molar-refractivity contribution in [2.75, 3.05) is 35.3 Å². The first-order valence-electron chi connectivity index (χ1n) is 3.05. The molecule has 0 radical (unpaired) electrons. The summed E-state index contributed by atoms with van der Waals surface area (Å²) in [6.07, 6.45) is 0. The molecular formula is C5H17NO4Si. The van der Waals surface area contributed by atoms with Gasteiger partial charge in [0.15, 0.2) is 0 Å². The van der Waals surface area contributed by atoms with Crippen molar-refractivity contribution < 1.29 is 23.3 Å². The van der Waals surface area contributed by atoms with Crippen molar-refractivity contribution in [3.05, 3.63) is 0 Å². The normalized spacial score (nSPS) is 12.0. The summed E-state index contributed by atoms with van der Waals surface area (Å²) < 4.78 is 4.63. The van der Waals surface area contributed by atoms with Crippen molar-refractivity contribution >= 4 is 9.05 Å². The van der Waals surface area contributed by atoms with Crippen LogP contribution in [0.4, 0.5) is 0 Å². The van der Waals surface area contributed by atoms with Gasteiger partial charge < -0.3 is 23.3 Å². The van der Waals surface area contributed by atoms with Gasteiger partial charge in [0, 0.05) is 7.11 Å². The van der Waals surface area contributed by atoms with Crippen LogP contribution in [0, 0.1) is 0 Å². The maximum absolute atomic E-state index is 9.50. The number of rotatable bonds is 1. The van der Waals surface area contributed by atoms with Gasteiger partial charge in [-0.3, -0.25) is 0 Å². The van der Waals surface area contributed by atoms with Gasteiger partial charge in [-0.25, -0.2) is 0 Å². The van der Waals surface area contributed by atoms with E-state index >= 15 is 0 Å². The van der Waals surface area contributed by atoms with Gasteiger partial charge in [0.2, 0.25) is 0 Å². The van der Waals surface area contributed by atoms with Crippen LogP contribution in [0.25, 0.3) is 0 Å². The highest BCUT2D eigenvalue weighted by molar-refractivity contribution is 6.46. The van der Waals surface area contributed by atoms with E-state index in [-0.39, 0.29) is 0 Å². The average molecular weight is 183 g/mol. The van der Waals surface area contributed by atoms with Crippen LogP contribution in [-0.2, 0) is 4.43 Å². The molecule has 0 heterocycles. The van der Waals surface area contributed by atoms with E-state index in [9.17, 15) is 4.80 Å². The molecule has 0 aromatic carbocycles. The standard InChI is InChI=1S/C4H12N.CH5O4Si/c1-5(2,3)4;1-5-6(2,3)4/h1-4H3;2-3H,1H3/q+1;-1. The number of hydrogen-bond acceptors (Lipinski definition) is 4. The monoisotopic (exact) mass is 183 g/mol. The predicted octanol–water partition coefficient (Wildman–Crippen LogP) is -2.26. The van der Waals surface area contributed by atoms with E-state index in [0.717, 1.165) is 11.6 Å². The Hall–Kier alpha value is 0.0169. The molecule has 70 valence electrons. The molecule has 0 atom stereocenters. The summed E-state index contributed by atoms with van der Waals surface area (Å²) in [4.78, 5) is 25.0. The van der Waals surface area contributed by atoms with Gasteiger partial charge in [0.05, 0.1) is 28.2 Å². The Morgan fingerprint density at radius 3 is 1.27 bits per heavy atom. The van der Waals surface area contributed by atoms with Gasteiger partial charge in [0.1, 0.15) is 0 Å². The fourth-order valence-electron chi connectivity index (χ4n) is 0. The third kappa shape index (κ3) is 70.7. The molecule has 6 heteroatoms. The molecule has 0 aromatic heterocycles. The molecule has 0 bridgehead atoms. The molecule has 0 aliphatic heterocycles. The highest BCUT2D eigenvalue weighted by atomic mass is 28.4. The zero-order valence-corrected chi connectivity index (χ0v) is 8.66. The van der Waals surface area contributed by atoms with E-state index in [1.807, 2.05) is 0 Å². The summed E-state index contributed by atoms with van der Waals surface area (Å²) in [5.41, 5.74) is 0. The molecule has 0 aliphatic rings. The lowest BCUT2D eigenvalue weighted by Crippen LogP contribution is -2.52. The summed E-state index contributed by atoms with van der Waals surface area (Å²) in [7, 11) is 5.08. The largest absolute Gasteiger partial charge is 0.794 e. The summed E-state index contributed by atoms with van der Waals surface area (Å²) >= 11 is 0. The number of hydrogen-bond donors (Lipinski definition) is 2. The van der Waals surface area contributed by atoms with Crippen LogP contribution in [-0.4, -0.2) is 58.4 Å². The summed E-state index contributed by atoms with van der Waals surface area (Å²) in [5, 5.41) is 0. The molecule has 0 unspecified atom stereocenters. The van der Waals surface area contributed by atoms with Crippen LogP contribution in [0.15, 0.2) is 0 Å². The van der Waals surface area contributed by atoms with Crippen molar-refractivity contribution in [2.45, 2.75) is 0 Å². The molecule has 0 saturated carbocycles. The Morgan fingerprint density at radius 2 is 1.27 bits per heavy atom. The van der Waals surface area contributed by atoms with E-state index in [1.165, 1.54) is 0 Å². The summed E-state index contributed by atoms with van der Waals surface area (Å²) in [5.74, 6) is 0. The van der Waals surface area contributed by atoms with E-state index in [4.69, 9.17) is 9.59 Å². The zero-order valence-electron chi connectivity index (χ0n) is 7.66. The van der Waals surface area contributed by atoms with E-state index in [1.54, 1.807) is 0 Å². The second-order valence-electron chi connectivity index (χ2n) is 3.44. The SMILES string of the molecule is CO[Si]([O-])(O)O.C[N+](C)(C)C. The first-order valence-corrected chi connectivity index (χ1v) is 4.76. The minimum atomic E-state index is -4.38. The Kier molecular flexibility index (Phi) is 5.94. The maximum Gasteiger partial charge on any atom is 0.406 e. The minimum Gasteiger partial charge on any atom is -0.794 e. The molecule has 0 aliphatic carbocycles. The Bertz CT molecular complexity index is 89.6. The maximum atomic E-state index is 9.50. The highest BCUT2D eigenvalue weighted by Gasteiger charge is 2.07. The smallest absolute Gasteiger partial charge is 0.406 e. The zero-order chi connectivity index (χ0) is 9.71. The molecule has 0 amide bonds. The second kappa shape index (κ2) is 4.81. The van der Waals surface area contributed by atoms with Gasteiger partial charge in [0.25, 0.3) is 0 Å². The third-order valence-corrected chi connectivity index (χ3v) is 0.798. The first-order chi connectivity index (χ1) is 4.56. The van der Waals surface area contributed by atoms with Crippen LogP contribution in [0.1, 0.15) is 0 Å². The summed E-state index contributed by atoms with van der Waals surface area (Å²) in [6.45, 7) is 0. The molecule has 0 aromatic rings. The van der Waals surface area contributed by atoms with Crippen LogP contribution >= 0.6 is 0 Å². The molecular weight excluding hydrogens is 166 g/mol. The predicted molar refractivity (Wildman–Crippen MR) is 41.2 cm³/mol. The Morgan fingerprint density at radius 1 is 1.18 bits per heavy atom. The van der Waals surface area contributed by atoms with Gasteiger partial charge >= 0.3 is 9.05 Å². The van der Waals surface area contributed by atoms with Crippen LogP contribution in [0.5, 0.6) is 0 Å². The van der Waals surface area contributed by atoms with Gasteiger partial charge in [-0.05, 0) is 0 Å². The van der Waals surface area contributed by atoms with Gasteiger partial charge in [-0.1, -0.05) is 0 Å². The Balaban J connectivity index is 0. The molecule has 2 N–H and O–H groups in total. The highest BCUT2D eigenvalue weighted by Crippen LogP contribution is 1.74. The minimum absolute atomic E-state index is 0.958. The lowest BCUT2D eigenvalue weighted by Gasteiger charge is -2.18. The molecule has 0 fully saturated rings. The molecule has 0 spiro atoms. The molecule has 0 rings (SSSR count). The van der Waals surface area contributed by atoms with Crippen molar-refractivity contribution in [1.29, 1.82) is 0 Å². The van der Waals surface area contributed by atoms with E-state index in [2.05, 4.69) is 32.6 Å². The van der Waals surface area contributed by atoms with E-state index in [0.29, 0.717) is 0 Å². The van der Waals surface area contributed by atoms with Gasteiger partial charge in [-0.15, -0.1) is 0 Å². The Labute approximate surface area is 68.5 Å². The lowest BCUT2D eigenvalue weighted by molar-refractivity contribution is -0.849. The van der Waals surface area contributed by atoms with Crippen molar-refractivity contribution in [1.82, 2.24) is 0 Å². The number of nitrogens with zero attached hydrogens (tertiary/aromatic N) is 1. The third-order valence-electron chi connectivity index (χ3n) is 0.266. The van der Waals surface area contributed by atoms with Crippen molar-refractivity contribution in [2.24, 2.45) is 0 Å². The van der Waals surface area contributed by atoms with Crippen molar-refractivity contribution in [3.8, 4) is 0 Å². The van der Waals surface area contributed by atoms with Crippen LogP contribution in [0.2, 0.25) is 0 Å². The van der Waals surface area contributed by atoms with Crippen LogP contribution in [0.3, 0.4) is 0 Å². The first kappa shape index (κ1) is 13.6. The topological polar surface area (TPSA) is 72.8 Å². The molecule has 0 saturated heterocycles. The fourth-order valence-corrected chi connectivity index (χ4v) is 0. The van der Waals surface area contributed by atoms with Crippen molar-refractivity contribution in [3.63, 3.8) is 0 Å². The quantitative estimate of drug-likeness (QED) is 0.355. The fraction of sp³-hybridized carbons (Fsp3) is 1.00. The van der Waals surface area contributed by atoms with E-state index < -0.39 is 9.05 Å². The number of quaternary nitrogens is 1. The van der Waals surface area contributed by atoms with Crippen LogP contribution < -0.4 is 4.80 Å². The molecule has 11 heavy (non-hydrogen) atoms. The molecule has 5 nitrogen and oxygen atoms in total. The second-order valence-corrected chi connectivity index (χ2v) is 4.94. The average Bonchev–Trinajstić information content (AvgIpc) is 1.59.